The van der Waals surface area contributed by atoms with Gasteiger partial charge in [0.15, 0.2) is 0 Å². The fourth-order valence-electron chi connectivity index (χ4n) is 1.20. The van der Waals surface area contributed by atoms with Crippen molar-refractivity contribution in [3.63, 3.8) is 0 Å². The van der Waals surface area contributed by atoms with Gasteiger partial charge in [-0.05, 0) is 12.2 Å². The quantitative estimate of drug-likeness (QED) is 0.516. The Hall–Kier alpha value is -0.123. The Morgan fingerprint density at radius 1 is 0.786 bits per heavy atom. The molecule has 0 spiro atoms. The molecule has 0 N–H and O–H groups in total. The van der Waals surface area contributed by atoms with Crippen LogP contribution in [0.3, 0.4) is 0 Å². The Kier molecular flexibility index (Phi) is 4.13. The summed E-state index contributed by atoms with van der Waals surface area (Å²) in [6, 6.07) is 0. The van der Waals surface area contributed by atoms with Crippen LogP contribution in [0.2, 0.25) is 0 Å². The van der Waals surface area contributed by atoms with Crippen molar-refractivity contribution < 1.29 is 0 Å². The minimum absolute atomic E-state index is 0. The van der Waals surface area contributed by atoms with E-state index in [1.807, 2.05) is 0 Å². The van der Waals surface area contributed by atoms with E-state index in [4.69, 9.17) is 0 Å². The van der Waals surface area contributed by atoms with E-state index < -0.39 is 0 Å². The average Bonchev–Trinajstić information content (AvgIpc) is 2.28. The van der Waals surface area contributed by atoms with Crippen molar-refractivity contribution in [2.75, 3.05) is 0 Å². The third kappa shape index (κ3) is 3.22. The molecule has 0 aromatic carbocycles. The van der Waals surface area contributed by atoms with E-state index in [2.05, 4.69) is 59.0 Å². The second-order valence-electron chi connectivity index (χ2n) is 5.72. The summed E-state index contributed by atoms with van der Waals surface area (Å²) in [5, 5.41) is 4.65. The molecule has 1 aliphatic heterocycles. The molecular formula is C12H21LiN. The Bertz CT molecular complexity index is 233. The maximum absolute atomic E-state index is 4.65. The van der Waals surface area contributed by atoms with Gasteiger partial charge < -0.3 is 0 Å². The van der Waals surface area contributed by atoms with Crippen molar-refractivity contribution in [2.45, 2.75) is 41.5 Å². The molecule has 1 nitrogen and oxygen atoms in total. The van der Waals surface area contributed by atoms with E-state index >= 15 is 0 Å². The maximum atomic E-state index is 4.65. The molecule has 1 rings (SSSR count). The van der Waals surface area contributed by atoms with Crippen molar-refractivity contribution >= 4 is 18.9 Å². The van der Waals surface area contributed by atoms with E-state index in [9.17, 15) is 0 Å². The van der Waals surface area contributed by atoms with Crippen LogP contribution >= 0.6 is 0 Å². The summed E-state index contributed by atoms with van der Waals surface area (Å²) in [5.41, 5.74) is 2.72. The first-order valence-electron chi connectivity index (χ1n) is 4.86. The van der Waals surface area contributed by atoms with Gasteiger partial charge in [0.05, 0.1) is 0 Å². The normalized spacial score (nSPS) is 16.7. The molecule has 0 atom stereocenters. The summed E-state index contributed by atoms with van der Waals surface area (Å²) in [7, 11) is 0. The van der Waals surface area contributed by atoms with Crippen LogP contribution in [-0.2, 0) is 0 Å². The van der Waals surface area contributed by atoms with Gasteiger partial charge in [0, 0.05) is 22.2 Å². The second-order valence-corrected chi connectivity index (χ2v) is 5.72. The molecule has 1 radical (unpaired) electrons. The van der Waals surface area contributed by atoms with Crippen molar-refractivity contribution in [3.8, 4) is 0 Å². The van der Waals surface area contributed by atoms with Crippen molar-refractivity contribution in [2.24, 2.45) is 10.8 Å². The van der Waals surface area contributed by atoms with Crippen LogP contribution in [0.5, 0.6) is 0 Å². The second kappa shape index (κ2) is 4.17. The molecule has 0 fully saturated rings. The van der Waals surface area contributed by atoms with Gasteiger partial charge in [-0.25, -0.2) is 0 Å². The van der Waals surface area contributed by atoms with E-state index in [0.29, 0.717) is 0 Å². The van der Waals surface area contributed by atoms with Crippen LogP contribution in [0.15, 0.2) is 23.5 Å². The van der Waals surface area contributed by atoms with Gasteiger partial charge in [-0.3, -0.25) is 5.32 Å². The van der Waals surface area contributed by atoms with Gasteiger partial charge in [0.2, 0.25) is 0 Å². The molecule has 1 aliphatic rings. The van der Waals surface area contributed by atoms with Crippen molar-refractivity contribution in [1.82, 2.24) is 5.32 Å². The molecule has 0 saturated heterocycles. The molecule has 0 bridgehead atoms. The minimum atomic E-state index is 0. The summed E-state index contributed by atoms with van der Waals surface area (Å²) in [5.74, 6) is 0. The number of rotatable bonds is 0. The number of allylic oxidation sites excluding steroid dienone is 4. The average molecular weight is 186 g/mol. The fraction of sp³-hybridized carbons (Fsp3) is 0.667. The van der Waals surface area contributed by atoms with E-state index in [0.717, 1.165) is 0 Å². The fourth-order valence-corrected chi connectivity index (χ4v) is 1.20. The van der Waals surface area contributed by atoms with Crippen molar-refractivity contribution in [1.29, 1.82) is 0 Å². The topological polar surface area (TPSA) is 14.1 Å². The van der Waals surface area contributed by atoms with Gasteiger partial charge in [-0.15, -0.1) is 0 Å². The summed E-state index contributed by atoms with van der Waals surface area (Å²) >= 11 is 0. The third-order valence-electron chi connectivity index (χ3n) is 2.18. The molecule has 75 valence electrons. The monoisotopic (exact) mass is 186 g/mol. The van der Waals surface area contributed by atoms with Crippen molar-refractivity contribution in [3.05, 3.63) is 23.5 Å². The SMILES string of the molecule is CC(C)(C)C1=CC=C(C(C)(C)C)[N]1.[LiH]. The summed E-state index contributed by atoms with van der Waals surface area (Å²) in [4.78, 5) is 0. The van der Waals surface area contributed by atoms with Crippen LogP contribution in [0.4, 0.5) is 0 Å². The Balaban J connectivity index is 0.00000169. The standard InChI is InChI=1S/C12H20N.Li.H/c1-11(2,3)9-7-8-10(13-9)12(4,5)6;;/h7-8H,1-6H3;;. The Morgan fingerprint density at radius 3 is 1.21 bits per heavy atom. The Labute approximate surface area is 100 Å². The summed E-state index contributed by atoms with van der Waals surface area (Å²) in [6.45, 7) is 13.2. The third-order valence-corrected chi connectivity index (χ3v) is 2.18. The van der Waals surface area contributed by atoms with E-state index in [-0.39, 0.29) is 29.7 Å². The Morgan fingerprint density at radius 2 is 1.07 bits per heavy atom. The molecule has 0 aromatic rings. The summed E-state index contributed by atoms with van der Waals surface area (Å²) in [6.07, 6.45) is 4.28. The predicted octanol–water partition coefficient (Wildman–Crippen LogP) is 2.82. The zero-order valence-corrected chi connectivity index (χ0v) is 9.60. The van der Waals surface area contributed by atoms with Gasteiger partial charge >= 0.3 is 18.9 Å². The van der Waals surface area contributed by atoms with Crippen LogP contribution in [0, 0.1) is 10.8 Å². The molecule has 0 aromatic heterocycles. The van der Waals surface area contributed by atoms with Crippen LogP contribution < -0.4 is 5.32 Å². The molecule has 14 heavy (non-hydrogen) atoms. The molecular weight excluding hydrogens is 165 g/mol. The van der Waals surface area contributed by atoms with Crippen LogP contribution in [-0.4, -0.2) is 18.9 Å². The van der Waals surface area contributed by atoms with Crippen LogP contribution in [0.25, 0.3) is 0 Å². The first-order valence-corrected chi connectivity index (χ1v) is 4.86. The molecule has 0 unspecified atom stereocenters. The molecule has 1 heterocycles. The van der Waals surface area contributed by atoms with Gasteiger partial charge in [-0.1, -0.05) is 41.5 Å². The summed E-state index contributed by atoms with van der Waals surface area (Å²) < 4.78 is 0. The first-order chi connectivity index (χ1) is 5.71. The number of hydrogen-bond acceptors (Lipinski definition) is 0. The van der Waals surface area contributed by atoms with E-state index in [1.54, 1.807) is 0 Å². The zero-order valence-electron chi connectivity index (χ0n) is 9.60. The first kappa shape index (κ1) is 13.9. The molecule has 0 saturated carbocycles. The molecule has 2 heteroatoms. The number of nitrogens with zero attached hydrogens (tertiary/aromatic N) is 1. The predicted molar refractivity (Wildman–Crippen MR) is 64.4 cm³/mol. The van der Waals surface area contributed by atoms with Gasteiger partial charge in [0.1, 0.15) is 0 Å². The number of hydrogen-bond donors (Lipinski definition) is 0. The molecule has 0 amide bonds. The molecule has 0 aliphatic carbocycles. The zero-order chi connectivity index (χ0) is 10.3. The van der Waals surface area contributed by atoms with E-state index in [1.165, 1.54) is 11.4 Å². The van der Waals surface area contributed by atoms with Gasteiger partial charge in [-0.2, -0.15) is 0 Å². The van der Waals surface area contributed by atoms with Gasteiger partial charge in [0.25, 0.3) is 0 Å². The van der Waals surface area contributed by atoms with Crippen LogP contribution in [0.1, 0.15) is 41.5 Å².